The van der Waals surface area contributed by atoms with E-state index in [9.17, 15) is 28.1 Å². The Hall–Kier alpha value is -2.52. The highest BCUT2D eigenvalue weighted by molar-refractivity contribution is 6.35. The van der Waals surface area contributed by atoms with Gasteiger partial charge >= 0.3 is 6.18 Å². The SMILES string of the molecule is O=C(Cc1ccc(Cl)cc1Cl)NNc1ccc(C(F)(F)F)cc1[N+](=O)[O-]. The number of rotatable bonds is 5. The molecule has 2 aromatic rings. The Morgan fingerprint density at radius 3 is 2.42 bits per heavy atom. The van der Waals surface area contributed by atoms with Gasteiger partial charge in [-0.3, -0.25) is 25.8 Å². The number of amides is 1. The molecule has 11 heteroatoms. The lowest BCUT2D eigenvalue weighted by Crippen LogP contribution is -2.31. The van der Waals surface area contributed by atoms with Crippen LogP contribution in [0.2, 0.25) is 10.0 Å². The molecule has 2 N–H and O–H groups in total. The summed E-state index contributed by atoms with van der Waals surface area (Å²) in [5.74, 6) is -0.608. The molecule has 26 heavy (non-hydrogen) atoms. The molecule has 0 fully saturated rings. The van der Waals surface area contributed by atoms with E-state index in [1.54, 1.807) is 0 Å². The van der Waals surface area contributed by atoms with Crippen LogP contribution in [0.3, 0.4) is 0 Å². The van der Waals surface area contributed by atoms with Crippen molar-refractivity contribution in [1.82, 2.24) is 5.43 Å². The second-order valence-electron chi connectivity index (χ2n) is 5.07. The van der Waals surface area contributed by atoms with Crippen LogP contribution in [0.5, 0.6) is 0 Å². The molecule has 0 aliphatic carbocycles. The minimum atomic E-state index is -4.72. The van der Waals surface area contributed by atoms with Gasteiger partial charge in [0, 0.05) is 16.1 Å². The fourth-order valence-electron chi connectivity index (χ4n) is 1.98. The van der Waals surface area contributed by atoms with E-state index in [4.69, 9.17) is 23.2 Å². The minimum Gasteiger partial charge on any atom is -0.292 e. The van der Waals surface area contributed by atoms with Crippen LogP contribution >= 0.6 is 23.2 Å². The summed E-state index contributed by atoms with van der Waals surface area (Å²) in [5, 5.41) is 11.6. The predicted octanol–water partition coefficient (Wildman–Crippen LogP) is 4.61. The highest BCUT2D eigenvalue weighted by Gasteiger charge is 2.33. The number of carbonyl (C=O) groups excluding carboxylic acids is 1. The zero-order valence-corrected chi connectivity index (χ0v) is 14.2. The van der Waals surface area contributed by atoms with Crippen molar-refractivity contribution in [2.45, 2.75) is 12.6 Å². The first-order valence-corrected chi connectivity index (χ1v) is 7.68. The Morgan fingerprint density at radius 2 is 1.85 bits per heavy atom. The summed E-state index contributed by atoms with van der Waals surface area (Å²) in [6.45, 7) is 0. The Bertz CT molecular complexity index is 860. The summed E-state index contributed by atoms with van der Waals surface area (Å²) in [5.41, 5.74) is 2.58. The van der Waals surface area contributed by atoms with Gasteiger partial charge in [0.2, 0.25) is 5.91 Å². The number of nitro groups is 1. The maximum Gasteiger partial charge on any atom is 0.416 e. The number of halogens is 5. The van der Waals surface area contributed by atoms with Crippen molar-refractivity contribution >= 4 is 40.5 Å². The van der Waals surface area contributed by atoms with Gasteiger partial charge in [-0.1, -0.05) is 29.3 Å². The number of nitrogens with zero attached hydrogens (tertiary/aromatic N) is 1. The first kappa shape index (κ1) is 19.8. The van der Waals surface area contributed by atoms with Crippen LogP contribution in [0.4, 0.5) is 24.5 Å². The fraction of sp³-hybridized carbons (Fsp3) is 0.133. The van der Waals surface area contributed by atoms with Gasteiger partial charge < -0.3 is 0 Å². The van der Waals surface area contributed by atoms with E-state index in [0.29, 0.717) is 22.7 Å². The third kappa shape index (κ3) is 4.99. The number of benzene rings is 2. The third-order valence-corrected chi connectivity index (χ3v) is 3.81. The van der Waals surface area contributed by atoms with Crippen LogP contribution < -0.4 is 10.9 Å². The summed E-state index contributed by atoms with van der Waals surface area (Å²) in [4.78, 5) is 21.9. The van der Waals surface area contributed by atoms with Gasteiger partial charge in [-0.25, -0.2) is 0 Å². The van der Waals surface area contributed by atoms with Crippen LogP contribution in [0.15, 0.2) is 36.4 Å². The molecular weight excluding hydrogens is 398 g/mol. The summed E-state index contributed by atoms with van der Waals surface area (Å²) in [6, 6.07) is 6.41. The van der Waals surface area contributed by atoms with Crippen molar-refractivity contribution in [3.63, 3.8) is 0 Å². The molecule has 0 heterocycles. The van der Waals surface area contributed by atoms with E-state index in [0.717, 1.165) is 6.07 Å². The fourth-order valence-corrected chi connectivity index (χ4v) is 2.46. The predicted molar refractivity (Wildman–Crippen MR) is 90.0 cm³/mol. The monoisotopic (exact) mass is 407 g/mol. The van der Waals surface area contributed by atoms with Crippen LogP contribution in [0.25, 0.3) is 0 Å². The molecule has 0 radical (unpaired) electrons. The summed E-state index contributed by atoms with van der Waals surface area (Å²) in [7, 11) is 0. The number of alkyl halides is 3. The van der Waals surface area contributed by atoms with Crippen molar-refractivity contribution in [1.29, 1.82) is 0 Å². The number of hydrazine groups is 1. The lowest BCUT2D eigenvalue weighted by Gasteiger charge is -2.12. The van der Waals surface area contributed by atoms with E-state index >= 15 is 0 Å². The van der Waals surface area contributed by atoms with E-state index in [1.807, 2.05) is 0 Å². The molecule has 0 aliphatic rings. The number of anilines is 1. The molecule has 0 saturated carbocycles. The Morgan fingerprint density at radius 1 is 1.15 bits per heavy atom. The van der Waals surface area contributed by atoms with Crippen molar-refractivity contribution < 1.29 is 22.9 Å². The Kier molecular flexibility index (Phi) is 5.94. The molecule has 2 aromatic carbocycles. The first-order chi connectivity index (χ1) is 12.1. The van der Waals surface area contributed by atoms with Gasteiger partial charge in [0.05, 0.1) is 16.9 Å². The molecule has 0 unspecified atom stereocenters. The highest BCUT2D eigenvalue weighted by atomic mass is 35.5. The molecule has 0 aliphatic heterocycles. The third-order valence-electron chi connectivity index (χ3n) is 3.22. The lowest BCUT2D eigenvalue weighted by molar-refractivity contribution is -0.384. The second kappa shape index (κ2) is 7.79. The maximum absolute atomic E-state index is 12.7. The van der Waals surface area contributed by atoms with E-state index in [2.05, 4.69) is 10.9 Å². The maximum atomic E-state index is 12.7. The number of hydrogen-bond acceptors (Lipinski definition) is 4. The van der Waals surface area contributed by atoms with E-state index < -0.39 is 28.3 Å². The molecule has 0 bridgehead atoms. The van der Waals surface area contributed by atoms with Gasteiger partial charge in [-0.2, -0.15) is 13.2 Å². The minimum absolute atomic E-state index is 0.169. The number of carbonyl (C=O) groups is 1. The standard InChI is InChI=1S/C15H10Cl2F3N3O3/c16-10-3-1-8(11(17)7-10)5-14(24)22-21-12-4-2-9(15(18,19)20)6-13(12)23(25)26/h1-4,6-7,21H,5H2,(H,22,24). The first-order valence-electron chi connectivity index (χ1n) is 6.92. The molecule has 0 atom stereocenters. The van der Waals surface area contributed by atoms with Gasteiger partial charge in [0.25, 0.3) is 5.69 Å². The van der Waals surface area contributed by atoms with Crippen LogP contribution in [0.1, 0.15) is 11.1 Å². The Labute approximate surface area is 155 Å². The average Bonchev–Trinajstić information content (AvgIpc) is 2.54. The van der Waals surface area contributed by atoms with Gasteiger partial charge in [-0.15, -0.1) is 0 Å². The summed E-state index contributed by atoms with van der Waals surface area (Å²) < 4.78 is 38.0. The lowest BCUT2D eigenvalue weighted by atomic mass is 10.1. The smallest absolute Gasteiger partial charge is 0.292 e. The van der Waals surface area contributed by atoms with Crippen LogP contribution in [-0.4, -0.2) is 10.8 Å². The second-order valence-corrected chi connectivity index (χ2v) is 5.92. The normalized spacial score (nSPS) is 11.1. The van der Waals surface area contributed by atoms with Crippen molar-refractivity contribution in [2.24, 2.45) is 0 Å². The highest BCUT2D eigenvalue weighted by Crippen LogP contribution is 2.34. The van der Waals surface area contributed by atoms with Gasteiger partial charge in [-0.05, 0) is 29.8 Å². The molecule has 0 spiro atoms. The van der Waals surface area contributed by atoms with Crippen LogP contribution in [0, 0.1) is 10.1 Å². The van der Waals surface area contributed by atoms with Crippen molar-refractivity contribution in [2.75, 3.05) is 5.43 Å². The van der Waals surface area contributed by atoms with Crippen molar-refractivity contribution in [3.8, 4) is 0 Å². The molecule has 6 nitrogen and oxygen atoms in total. The van der Waals surface area contributed by atoms with Gasteiger partial charge in [0.1, 0.15) is 5.69 Å². The van der Waals surface area contributed by atoms with E-state index in [-0.39, 0.29) is 17.1 Å². The summed E-state index contributed by atoms with van der Waals surface area (Å²) in [6.07, 6.45) is -4.89. The molecule has 0 aromatic heterocycles. The number of nitrogens with one attached hydrogen (secondary N) is 2. The molecule has 2 rings (SSSR count). The molecule has 0 saturated heterocycles. The Balaban J connectivity index is 2.11. The van der Waals surface area contributed by atoms with E-state index in [1.165, 1.54) is 18.2 Å². The summed E-state index contributed by atoms with van der Waals surface area (Å²) >= 11 is 11.7. The average molecular weight is 408 g/mol. The molecule has 138 valence electrons. The zero-order chi connectivity index (χ0) is 19.5. The van der Waals surface area contributed by atoms with Crippen LogP contribution in [-0.2, 0) is 17.4 Å². The molecular formula is C15H10Cl2F3N3O3. The topological polar surface area (TPSA) is 84.3 Å². The quantitative estimate of drug-likeness (QED) is 0.559. The largest absolute Gasteiger partial charge is 0.416 e. The number of hydrogen-bond donors (Lipinski definition) is 2. The zero-order valence-electron chi connectivity index (χ0n) is 12.7. The van der Waals surface area contributed by atoms with Gasteiger partial charge in [0.15, 0.2) is 0 Å². The van der Waals surface area contributed by atoms with Crippen molar-refractivity contribution in [3.05, 3.63) is 67.7 Å². The molecule has 1 amide bonds. The number of nitro benzene ring substituents is 1.